The Morgan fingerprint density at radius 3 is 2.52 bits per heavy atom. The Labute approximate surface area is 128 Å². The van der Waals surface area contributed by atoms with Gasteiger partial charge in [-0.1, -0.05) is 50.6 Å². The van der Waals surface area contributed by atoms with Crippen LogP contribution in [0.4, 0.5) is 0 Å². The number of amides is 1. The van der Waals surface area contributed by atoms with E-state index in [1.165, 1.54) is 0 Å². The molecule has 2 rings (SSSR count). The van der Waals surface area contributed by atoms with Crippen molar-refractivity contribution in [3.05, 3.63) is 35.9 Å². The second-order valence-electron chi connectivity index (χ2n) is 6.18. The largest absolute Gasteiger partial charge is 0.339 e. The smallest absolute Gasteiger partial charge is 0.230 e. The first-order valence-electron chi connectivity index (χ1n) is 8.24. The lowest BCUT2D eigenvalue weighted by molar-refractivity contribution is -0.134. The summed E-state index contributed by atoms with van der Waals surface area (Å²) < 4.78 is 0. The van der Waals surface area contributed by atoms with Gasteiger partial charge in [0.15, 0.2) is 0 Å². The quantitative estimate of drug-likeness (QED) is 0.798. The number of carbonyl (C=O) groups is 1. The Morgan fingerprint density at radius 2 is 2.00 bits per heavy atom. The van der Waals surface area contributed by atoms with Crippen LogP contribution in [0.1, 0.15) is 51.0 Å². The van der Waals surface area contributed by atoms with Crippen LogP contribution in [-0.2, 0) is 4.79 Å². The number of hydrogen-bond acceptors (Lipinski definition) is 2. The summed E-state index contributed by atoms with van der Waals surface area (Å²) in [6.07, 6.45) is 4.21. The predicted octanol–water partition coefficient (Wildman–Crippen LogP) is 3.16. The Balaban J connectivity index is 2.20. The number of carbonyl (C=O) groups excluding carboxylic acids is 1. The summed E-state index contributed by atoms with van der Waals surface area (Å²) in [6, 6.07) is 10.7. The molecular weight excluding hydrogens is 260 g/mol. The number of nitrogens with zero attached hydrogens (tertiary/aromatic N) is 1. The normalized spacial score (nSPS) is 17.3. The van der Waals surface area contributed by atoms with Crippen molar-refractivity contribution in [2.24, 2.45) is 11.7 Å². The van der Waals surface area contributed by atoms with Crippen molar-refractivity contribution in [1.29, 1.82) is 0 Å². The van der Waals surface area contributed by atoms with Crippen molar-refractivity contribution in [2.45, 2.75) is 51.5 Å². The Morgan fingerprint density at radius 1 is 1.33 bits per heavy atom. The van der Waals surface area contributed by atoms with Crippen molar-refractivity contribution in [2.75, 3.05) is 13.1 Å². The van der Waals surface area contributed by atoms with Crippen LogP contribution in [0.25, 0.3) is 0 Å². The molecule has 116 valence electrons. The SMILES string of the molecule is CCC(C)C(C(=O)N(CCCN)C1CC1)c1ccccc1. The van der Waals surface area contributed by atoms with Gasteiger partial charge in [-0.2, -0.15) is 0 Å². The minimum absolute atomic E-state index is 0.0189. The van der Waals surface area contributed by atoms with Crippen LogP contribution in [0.2, 0.25) is 0 Å². The monoisotopic (exact) mass is 288 g/mol. The van der Waals surface area contributed by atoms with E-state index in [1.807, 2.05) is 18.2 Å². The maximum absolute atomic E-state index is 13.1. The van der Waals surface area contributed by atoms with Crippen LogP contribution < -0.4 is 5.73 Å². The average Bonchev–Trinajstić information content (AvgIpc) is 3.33. The fourth-order valence-electron chi connectivity index (χ4n) is 2.91. The highest BCUT2D eigenvalue weighted by Gasteiger charge is 2.37. The van der Waals surface area contributed by atoms with Gasteiger partial charge in [0.1, 0.15) is 0 Å². The molecule has 1 aromatic carbocycles. The third kappa shape index (κ3) is 4.07. The molecule has 0 radical (unpaired) electrons. The average molecular weight is 288 g/mol. The van der Waals surface area contributed by atoms with Crippen LogP contribution >= 0.6 is 0 Å². The summed E-state index contributed by atoms with van der Waals surface area (Å²) in [5.74, 6) is 0.639. The predicted molar refractivity (Wildman–Crippen MR) is 87.0 cm³/mol. The number of nitrogens with two attached hydrogens (primary N) is 1. The molecule has 1 aromatic rings. The summed E-state index contributed by atoms with van der Waals surface area (Å²) in [5, 5.41) is 0. The standard InChI is InChI=1S/C18H28N2O/c1-3-14(2)17(15-8-5-4-6-9-15)18(21)20(13-7-12-19)16-10-11-16/h4-6,8-9,14,16-17H,3,7,10-13,19H2,1-2H3. The molecule has 0 saturated heterocycles. The van der Waals surface area contributed by atoms with Gasteiger partial charge in [0.05, 0.1) is 5.92 Å². The van der Waals surface area contributed by atoms with Crippen LogP contribution in [0, 0.1) is 5.92 Å². The molecule has 0 aliphatic heterocycles. The van der Waals surface area contributed by atoms with E-state index in [1.54, 1.807) is 0 Å². The maximum atomic E-state index is 13.1. The van der Waals surface area contributed by atoms with Crippen molar-refractivity contribution in [3.63, 3.8) is 0 Å². The Bertz CT molecular complexity index is 442. The Kier molecular flexibility index (Phi) is 5.80. The van der Waals surface area contributed by atoms with Crippen molar-refractivity contribution >= 4 is 5.91 Å². The van der Waals surface area contributed by atoms with Gasteiger partial charge in [-0.3, -0.25) is 4.79 Å². The fraction of sp³-hybridized carbons (Fsp3) is 0.611. The molecule has 3 nitrogen and oxygen atoms in total. The van der Waals surface area contributed by atoms with E-state index in [0.717, 1.165) is 37.8 Å². The minimum atomic E-state index is -0.0189. The zero-order valence-electron chi connectivity index (χ0n) is 13.3. The highest BCUT2D eigenvalue weighted by Crippen LogP contribution is 2.34. The summed E-state index contributed by atoms with van der Waals surface area (Å²) >= 11 is 0. The molecule has 2 unspecified atom stereocenters. The van der Waals surface area contributed by atoms with E-state index >= 15 is 0 Å². The van der Waals surface area contributed by atoms with Crippen LogP contribution in [0.5, 0.6) is 0 Å². The third-order valence-corrected chi connectivity index (χ3v) is 4.51. The second kappa shape index (κ2) is 7.60. The molecule has 1 amide bonds. The third-order valence-electron chi connectivity index (χ3n) is 4.51. The molecule has 0 spiro atoms. The molecule has 1 saturated carbocycles. The molecule has 0 heterocycles. The van der Waals surface area contributed by atoms with Crippen LogP contribution in [0.15, 0.2) is 30.3 Å². The molecule has 0 aromatic heterocycles. The molecule has 1 aliphatic rings. The van der Waals surface area contributed by atoms with E-state index in [-0.39, 0.29) is 5.92 Å². The first-order valence-corrected chi connectivity index (χ1v) is 8.24. The van der Waals surface area contributed by atoms with Gasteiger partial charge in [-0.25, -0.2) is 0 Å². The van der Waals surface area contributed by atoms with Crippen molar-refractivity contribution in [1.82, 2.24) is 4.90 Å². The van der Waals surface area contributed by atoms with Crippen LogP contribution in [-0.4, -0.2) is 29.9 Å². The lowest BCUT2D eigenvalue weighted by Crippen LogP contribution is -2.40. The second-order valence-corrected chi connectivity index (χ2v) is 6.18. The molecule has 3 heteroatoms. The van der Waals surface area contributed by atoms with Gasteiger partial charge in [0, 0.05) is 12.6 Å². The van der Waals surface area contributed by atoms with E-state index < -0.39 is 0 Å². The van der Waals surface area contributed by atoms with Gasteiger partial charge < -0.3 is 10.6 Å². The minimum Gasteiger partial charge on any atom is -0.339 e. The molecule has 2 N–H and O–H groups in total. The van der Waals surface area contributed by atoms with Crippen molar-refractivity contribution < 1.29 is 4.79 Å². The van der Waals surface area contributed by atoms with E-state index in [9.17, 15) is 4.79 Å². The van der Waals surface area contributed by atoms with E-state index in [4.69, 9.17) is 5.73 Å². The highest BCUT2D eigenvalue weighted by molar-refractivity contribution is 5.84. The maximum Gasteiger partial charge on any atom is 0.230 e. The van der Waals surface area contributed by atoms with Gasteiger partial charge in [0.25, 0.3) is 0 Å². The lowest BCUT2D eigenvalue weighted by Gasteiger charge is -2.30. The van der Waals surface area contributed by atoms with Gasteiger partial charge in [-0.05, 0) is 37.3 Å². The first kappa shape index (κ1) is 16.0. The molecule has 1 aliphatic carbocycles. The molecule has 0 bridgehead atoms. The lowest BCUT2D eigenvalue weighted by atomic mass is 9.84. The van der Waals surface area contributed by atoms with Gasteiger partial charge >= 0.3 is 0 Å². The number of benzene rings is 1. The van der Waals surface area contributed by atoms with E-state index in [0.29, 0.717) is 24.4 Å². The Hall–Kier alpha value is -1.35. The van der Waals surface area contributed by atoms with Gasteiger partial charge in [-0.15, -0.1) is 0 Å². The van der Waals surface area contributed by atoms with Crippen LogP contribution in [0.3, 0.4) is 0 Å². The topological polar surface area (TPSA) is 46.3 Å². The summed E-state index contributed by atoms with van der Waals surface area (Å²) in [6.45, 7) is 5.80. The zero-order chi connectivity index (χ0) is 15.2. The summed E-state index contributed by atoms with van der Waals surface area (Å²) in [7, 11) is 0. The number of hydrogen-bond donors (Lipinski definition) is 1. The molecular formula is C18H28N2O. The molecule has 21 heavy (non-hydrogen) atoms. The zero-order valence-corrected chi connectivity index (χ0v) is 13.3. The molecule has 2 atom stereocenters. The molecule has 1 fully saturated rings. The van der Waals surface area contributed by atoms with Gasteiger partial charge in [0.2, 0.25) is 5.91 Å². The highest BCUT2D eigenvalue weighted by atomic mass is 16.2. The summed E-state index contributed by atoms with van der Waals surface area (Å²) in [5.41, 5.74) is 6.78. The number of rotatable bonds is 8. The van der Waals surface area contributed by atoms with Crippen molar-refractivity contribution in [3.8, 4) is 0 Å². The summed E-state index contributed by atoms with van der Waals surface area (Å²) in [4.78, 5) is 15.2. The first-order chi connectivity index (χ1) is 10.2. The fourth-order valence-corrected chi connectivity index (χ4v) is 2.91. The van der Waals surface area contributed by atoms with E-state index in [2.05, 4.69) is 30.9 Å².